The molecule has 2 N–H and O–H groups in total. The smallest absolute Gasteiger partial charge is 0.319 e. The van der Waals surface area contributed by atoms with Crippen molar-refractivity contribution in [2.75, 3.05) is 32.2 Å². The second-order valence-electron chi connectivity index (χ2n) is 5.05. The molecule has 0 radical (unpaired) electrons. The van der Waals surface area contributed by atoms with Crippen LogP contribution < -0.4 is 15.4 Å². The number of carbonyl (C=O) groups is 1. The zero-order valence-corrected chi connectivity index (χ0v) is 14.2. The Bertz CT molecular complexity index is 614. The van der Waals surface area contributed by atoms with Gasteiger partial charge in [0.25, 0.3) is 0 Å². The minimum atomic E-state index is -0.234. The summed E-state index contributed by atoms with van der Waals surface area (Å²) in [7, 11) is 1.62. The average molecular weight is 334 g/mol. The van der Waals surface area contributed by atoms with Crippen molar-refractivity contribution in [1.29, 1.82) is 0 Å². The van der Waals surface area contributed by atoms with Crippen LogP contribution in [0.5, 0.6) is 5.75 Å². The fourth-order valence-corrected chi connectivity index (χ4v) is 2.72. The summed E-state index contributed by atoms with van der Waals surface area (Å²) in [6, 6.07) is 9.52. The minimum absolute atomic E-state index is 0.234. The van der Waals surface area contributed by atoms with E-state index in [-0.39, 0.29) is 6.03 Å². The number of methoxy groups -OCH3 is 1. The van der Waals surface area contributed by atoms with E-state index >= 15 is 0 Å². The van der Waals surface area contributed by atoms with Crippen molar-refractivity contribution in [3.05, 3.63) is 46.2 Å². The number of thiophene rings is 1. The van der Waals surface area contributed by atoms with Gasteiger partial charge < -0.3 is 20.1 Å². The number of benzene rings is 1. The summed E-state index contributed by atoms with van der Waals surface area (Å²) in [5.74, 6) is 0.649. The summed E-state index contributed by atoms with van der Waals surface area (Å²) in [6.45, 7) is 3.52. The monoisotopic (exact) mass is 334 g/mol. The van der Waals surface area contributed by atoms with E-state index in [4.69, 9.17) is 9.47 Å². The summed E-state index contributed by atoms with van der Waals surface area (Å²) in [5, 5.41) is 7.72. The van der Waals surface area contributed by atoms with Crippen LogP contribution in [0.1, 0.15) is 10.4 Å². The third-order valence-electron chi connectivity index (χ3n) is 3.17. The van der Waals surface area contributed by atoms with Gasteiger partial charge in [-0.15, -0.1) is 11.3 Å². The van der Waals surface area contributed by atoms with E-state index in [1.165, 1.54) is 4.88 Å². The lowest BCUT2D eigenvalue weighted by Gasteiger charge is -2.13. The topological polar surface area (TPSA) is 59.6 Å². The van der Waals surface area contributed by atoms with Crippen molar-refractivity contribution < 1.29 is 14.3 Å². The number of rotatable bonds is 8. The van der Waals surface area contributed by atoms with Gasteiger partial charge in [0.15, 0.2) is 0 Å². The quantitative estimate of drug-likeness (QED) is 0.727. The van der Waals surface area contributed by atoms with Crippen LogP contribution in [0.2, 0.25) is 0 Å². The van der Waals surface area contributed by atoms with E-state index in [0.717, 1.165) is 12.0 Å². The molecule has 1 aromatic heterocycles. The lowest BCUT2D eigenvalue weighted by atomic mass is 10.2. The summed E-state index contributed by atoms with van der Waals surface area (Å²) in [5.41, 5.74) is 1.72. The zero-order valence-electron chi connectivity index (χ0n) is 13.4. The molecule has 0 aliphatic rings. The van der Waals surface area contributed by atoms with Crippen LogP contribution in [0.3, 0.4) is 0 Å². The van der Waals surface area contributed by atoms with Crippen molar-refractivity contribution in [3.8, 4) is 5.75 Å². The van der Waals surface area contributed by atoms with Crippen LogP contribution in [0.15, 0.2) is 35.7 Å². The highest BCUT2D eigenvalue weighted by molar-refractivity contribution is 7.09. The fraction of sp³-hybridized carbons (Fsp3) is 0.353. The van der Waals surface area contributed by atoms with Gasteiger partial charge in [0.2, 0.25) is 0 Å². The third-order valence-corrected chi connectivity index (χ3v) is 4.10. The molecular formula is C17H22N2O3S. The zero-order chi connectivity index (χ0) is 16.5. The van der Waals surface area contributed by atoms with Gasteiger partial charge >= 0.3 is 6.03 Å². The molecule has 5 nitrogen and oxygen atoms in total. The molecule has 2 amide bonds. The lowest BCUT2D eigenvalue weighted by Crippen LogP contribution is -2.30. The molecule has 0 atom stereocenters. The largest absolute Gasteiger partial charge is 0.489 e. The van der Waals surface area contributed by atoms with E-state index in [2.05, 4.69) is 16.7 Å². The summed E-state index contributed by atoms with van der Waals surface area (Å²) in [4.78, 5) is 13.3. The van der Waals surface area contributed by atoms with Crippen LogP contribution in [-0.4, -0.2) is 32.9 Å². The van der Waals surface area contributed by atoms with Crippen LogP contribution in [0.25, 0.3) is 0 Å². The second-order valence-corrected chi connectivity index (χ2v) is 6.08. The first-order chi connectivity index (χ1) is 11.2. The van der Waals surface area contributed by atoms with Gasteiger partial charge in [-0.05, 0) is 42.5 Å². The molecule has 0 fully saturated rings. The van der Waals surface area contributed by atoms with Crippen molar-refractivity contribution >= 4 is 23.1 Å². The van der Waals surface area contributed by atoms with E-state index in [0.29, 0.717) is 31.2 Å². The molecular weight excluding hydrogens is 312 g/mol. The van der Waals surface area contributed by atoms with Gasteiger partial charge in [-0.25, -0.2) is 4.79 Å². The number of aryl methyl sites for hydroxylation is 1. The Balaban J connectivity index is 1.86. The number of nitrogens with one attached hydrogen (secondary N) is 2. The van der Waals surface area contributed by atoms with Gasteiger partial charge in [-0.1, -0.05) is 12.1 Å². The predicted molar refractivity (Wildman–Crippen MR) is 93.6 cm³/mol. The Hall–Kier alpha value is -2.05. The number of ether oxygens (including phenoxy) is 2. The Morgan fingerprint density at radius 3 is 2.87 bits per heavy atom. The van der Waals surface area contributed by atoms with E-state index < -0.39 is 0 Å². The molecule has 2 aromatic rings. The average Bonchev–Trinajstić information content (AvgIpc) is 3.03. The van der Waals surface area contributed by atoms with Gasteiger partial charge in [-0.3, -0.25) is 0 Å². The van der Waals surface area contributed by atoms with Gasteiger partial charge in [0, 0.05) is 18.5 Å². The second kappa shape index (κ2) is 9.17. The molecule has 0 unspecified atom stereocenters. The SMILES string of the molecule is COCCOc1cc(C)ccc1NC(=O)NCCc1cccs1. The molecule has 23 heavy (non-hydrogen) atoms. The van der Waals surface area contributed by atoms with Crippen LogP contribution in [0.4, 0.5) is 10.5 Å². The highest BCUT2D eigenvalue weighted by Gasteiger charge is 2.08. The highest BCUT2D eigenvalue weighted by Crippen LogP contribution is 2.25. The van der Waals surface area contributed by atoms with E-state index in [1.54, 1.807) is 18.4 Å². The molecule has 0 saturated heterocycles. The molecule has 0 aliphatic carbocycles. The number of amides is 2. The Labute approximate surface area is 140 Å². The lowest BCUT2D eigenvalue weighted by molar-refractivity contribution is 0.146. The molecule has 0 saturated carbocycles. The minimum Gasteiger partial charge on any atom is -0.489 e. The van der Waals surface area contributed by atoms with Gasteiger partial charge in [-0.2, -0.15) is 0 Å². The molecule has 0 bridgehead atoms. The molecule has 1 heterocycles. The molecule has 0 aliphatic heterocycles. The highest BCUT2D eigenvalue weighted by atomic mass is 32.1. The Morgan fingerprint density at radius 1 is 1.26 bits per heavy atom. The number of hydrogen-bond donors (Lipinski definition) is 2. The van der Waals surface area contributed by atoms with Gasteiger partial charge in [0.1, 0.15) is 12.4 Å². The fourth-order valence-electron chi connectivity index (χ4n) is 2.01. The summed E-state index contributed by atoms with van der Waals surface area (Å²) >= 11 is 1.69. The first-order valence-corrected chi connectivity index (χ1v) is 8.36. The standard InChI is InChI=1S/C17H22N2O3S/c1-13-5-6-15(16(12-13)22-10-9-21-2)19-17(20)18-8-7-14-4-3-11-23-14/h3-6,11-12H,7-10H2,1-2H3,(H2,18,19,20). The molecule has 2 rings (SSSR count). The molecule has 124 valence electrons. The van der Waals surface area contributed by atoms with Crippen molar-refractivity contribution in [2.45, 2.75) is 13.3 Å². The number of hydrogen-bond acceptors (Lipinski definition) is 4. The summed E-state index contributed by atoms with van der Waals surface area (Å²) < 4.78 is 10.6. The Morgan fingerprint density at radius 2 is 2.13 bits per heavy atom. The Kier molecular flexibility index (Phi) is 6.90. The maximum Gasteiger partial charge on any atom is 0.319 e. The molecule has 6 heteroatoms. The van der Waals surface area contributed by atoms with Crippen LogP contribution >= 0.6 is 11.3 Å². The van der Waals surface area contributed by atoms with Crippen molar-refractivity contribution in [2.24, 2.45) is 0 Å². The van der Waals surface area contributed by atoms with E-state index in [9.17, 15) is 4.79 Å². The normalized spacial score (nSPS) is 10.3. The summed E-state index contributed by atoms with van der Waals surface area (Å²) in [6.07, 6.45) is 0.830. The van der Waals surface area contributed by atoms with Gasteiger partial charge in [0.05, 0.1) is 12.3 Å². The number of carbonyl (C=O) groups excluding carboxylic acids is 1. The van der Waals surface area contributed by atoms with Crippen LogP contribution in [-0.2, 0) is 11.2 Å². The third kappa shape index (κ3) is 5.92. The van der Waals surface area contributed by atoms with Crippen molar-refractivity contribution in [3.63, 3.8) is 0 Å². The number of anilines is 1. The molecule has 0 spiro atoms. The first-order valence-electron chi connectivity index (χ1n) is 7.48. The first kappa shape index (κ1) is 17.3. The maximum absolute atomic E-state index is 12.0. The van der Waals surface area contributed by atoms with E-state index in [1.807, 2.05) is 36.6 Å². The maximum atomic E-state index is 12.0. The predicted octanol–water partition coefficient (Wildman–Crippen LogP) is 3.45. The van der Waals surface area contributed by atoms with Crippen LogP contribution in [0, 0.1) is 6.92 Å². The van der Waals surface area contributed by atoms with Crippen molar-refractivity contribution in [1.82, 2.24) is 5.32 Å². The molecule has 1 aromatic carbocycles. The number of urea groups is 1.